The first kappa shape index (κ1) is 29.1. The third-order valence-electron chi connectivity index (χ3n) is 9.82. The molecule has 52 heavy (non-hydrogen) atoms. The van der Waals surface area contributed by atoms with Gasteiger partial charge < -0.3 is 14.4 Å². The molecule has 7 rings (SSSR count). The Morgan fingerprint density at radius 3 is 2.12 bits per heavy atom. The minimum Gasteiger partial charge on any atom is -0.486 e. The van der Waals surface area contributed by atoms with E-state index in [0.29, 0.717) is 28.2 Å². The molecule has 0 aliphatic rings. The molecular formula is C47H49IrN3O-2. The van der Waals surface area contributed by atoms with E-state index in [-0.39, 0.29) is 36.6 Å². The summed E-state index contributed by atoms with van der Waals surface area (Å²) in [7, 11) is 0. The van der Waals surface area contributed by atoms with E-state index < -0.39 is 25.5 Å². The maximum absolute atomic E-state index is 8.82. The van der Waals surface area contributed by atoms with Crippen LogP contribution in [0.3, 0.4) is 0 Å². The second-order valence-electron chi connectivity index (χ2n) is 13.6. The summed E-state index contributed by atoms with van der Waals surface area (Å²) >= 11 is 0. The predicted octanol–water partition coefficient (Wildman–Crippen LogP) is 13.0. The van der Waals surface area contributed by atoms with E-state index >= 15 is 0 Å². The zero-order valence-corrected chi connectivity index (χ0v) is 33.1. The fourth-order valence-corrected chi connectivity index (χ4v) is 6.44. The summed E-state index contributed by atoms with van der Waals surface area (Å²) in [5.41, 5.74) is 7.83. The number of benzene rings is 3. The van der Waals surface area contributed by atoms with Crippen molar-refractivity contribution in [3.63, 3.8) is 0 Å². The molecule has 0 aliphatic carbocycles. The number of rotatable bonds is 8. The van der Waals surface area contributed by atoms with Gasteiger partial charge in [0.25, 0.3) is 0 Å². The molecule has 0 bridgehead atoms. The number of hydrogen-bond acceptors (Lipinski definition) is 4. The maximum atomic E-state index is 8.82. The summed E-state index contributed by atoms with van der Waals surface area (Å²) in [5, 5.41) is 1.68. The largest absolute Gasteiger partial charge is 0.486 e. The molecule has 4 heterocycles. The van der Waals surface area contributed by atoms with Crippen molar-refractivity contribution in [2.45, 2.75) is 92.2 Å². The number of nitrogens with zero attached hydrogens (tertiary/aromatic N) is 3. The monoisotopic (exact) mass is 872 g/mol. The van der Waals surface area contributed by atoms with Gasteiger partial charge in [-0.05, 0) is 95.1 Å². The zero-order chi connectivity index (χ0) is 43.1. The van der Waals surface area contributed by atoms with Gasteiger partial charge in [-0.2, -0.15) is 0 Å². The minimum atomic E-state index is -2.28. The van der Waals surface area contributed by atoms with Gasteiger partial charge in [0.15, 0.2) is 0 Å². The van der Waals surface area contributed by atoms with Crippen LogP contribution in [0, 0.1) is 25.8 Å². The molecule has 5 heteroatoms. The first-order valence-electron chi connectivity index (χ1n) is 21.4. The topological polar surface area (TPSA) is 51.8 Å². The van der Waals surface area contributed by atoms with Crippen LogP contribution in [0.15, 0.2) is 102 Å². The molecule has 0 aliphatic heterocycles. The Hall–Kier alpha value is -4.44. The van der Waals surface area contributed by atoms with Crippen LogP contribution in [-0.4, -0.2) is 15.0 Å². The van der Waals surface area contributed by atoms with Crippen molar-refractivity contribution in [3.8, 4) is 33.8 Å². The molecule has 0 N–H and O–H groups in total. The van der Waals surface area contributed by atoms with Crippen molar-refractivity contribution in [1.29, 1.82) is 0 Å². The van der Waals surface area contributed by atoms with Gasteiger partial charge in [0.1, 0.15) is 0 Å². The predicted molar refractivity (Wildman–Crippen MR) is 213 cm³/mol. The van der Waals surface area contributed by atoms with E-state index in [0.717, 1.165) is 57.1 Å². The fraction of sp³-hybridized carbons (Fsp3) is 0.298. The normalized spacial score (nSPS) is 14.7. The van der Waals surface area contributed by atoms with E-state index in [4.69, 9.17) is 20.4 Å². The van der Waals surface area contributed by atoms with Gasteiger partial charge in [-0.3, -0.25) is 0 Å². The summed E-state index contributed by atoms with van der Waals surface area (Å²) in [5.74, 6) is -1.81. The zero-order valence-electron chi connectivity index (χ0n) is 38.7. The standard InChI is InChI=1S/C35H39N2O.C12H10N.Ir/c1-9-35(8,10-2)29-19-31(36-20-23(29)7)28-16-12-15-26-27-17-18-30(37-34(27)38-33(26)28)32-24(21(3)4)13-11-14-25(32)22(5)6;1-10-7-8-12(13-9-10)11-5-3-2-4-6-11;/h11-15,17-22H,9-10H2,1-8H3;2-5,7-9H,1H3;/q2*-1;/i7D3,21D,22D;1D3;. The molecule has 4 nitrogen and oxygen atoms in total. The van der Waals surface area contributed by atoms with E-state index in [2.05, 4.69) is 42.9 Å². The molecule has 7 aromatic rings. The molecule has 0 saturated heterocycles. The van der Waals surface area contributed by atoms with E-state index in [1.807, 2.05) is 94.4 Å². The molecule has 1 radical (unpaired) electrons. The number of pyridine rings is 3. The number of aryl methyl sites for hydroxylation is 2. The van der Waals surface area contributed by atoms with E-state index in [1.165, 1.54) is 12.4 Å². The number of hydrogen-bond donors (Lipinski definition) is 0. The van der Waals surface area contributed by atoms with Crippen LogP contribution in [0.1, 0.15) is 112 Å². The molecule has 0 atom stereocenters. The maximum Gasteiger partial charge on any atom is 0.216 e. The number of aromatic nitrogens is 3. The Kier molecular flexibility index (Phi) is 9.22. The SMILES string of the molecule is [2H]C([2H])([2H])c1ccc(-c2[c-]cccc2)nc1.[2H]C([2H])([2H])c1cnc(-c2[c-]ccc3c2oc2nc(-c4c(C([2H])(C)C)cccc4C([2H])(C)C)ccc23)cc1C(C)(CC)CC.[Ir]. The van der Waals surface area contributed by atoms with Crippen LogP contribution in [-0.2, 0) is 25.5 Å². The summed E-state index contributed by atoms with van der Waals surface area (Å²) in [6.07, 6.45) is 4.45. The Morgan fingerprint density at radius 2 is 1.50 bits per heavy atom. The van der Waals surface area contributed by atoms with Gasteiger partial charge in [0.05, 0.1) is 11.3 Å². The fourth-order valence-electron chi connectivity index (χ4n) is 6.44. The van der Waals surface area contributed by atoms with Crippen molar-refractivity contribution in [2.75, 3.05) is 0 Å². The second-order valence-corrected chi connectivity index (χ2v) is 13.6. The summed E-state index contributed by atoms with van der Waals surface area (Å²) in [6.45, 7) is 9.25. The Labute approximate surface area is 334 Å². The molecule has 4 aromatic heterocycles. The second kappa shape index (κ2) is 16.5. The van der Waals surface area contributed by atoms with Crippen molar-refractivity contribution >= 4 is 22.1 Å². The van der Waals surface area contributed by atoms with Gasteiger partial charge >= 0.3 is 0 Å². The van der Waals surface area contributed by atoms with Crippen LogP contribution < -0.4 is 0 Å². The Morgan fingerprint density at radius 1 is 0.769 bits per heavy atom. The van der Waals surface area contributed by atoms with Crippen molar-refractivity contribution in [3.05, 3.63) is 137 Å². The van der Waals surface area contributed by atoms with Crippen LogP contribution >= 0.6 is 0 Å². The number of fused-ring (bicyclic) bond motifs is 3. The van der Waals surface area contributed by atoms with Crippen molar-refractivity contribution in [2.24, 2.45) is 0 Å². The molecule has 0 saturated carbocycles. The average Bonchev–Trinajstić information content (AvgIpc) is 3.57. The third kappa shape index (κ3) is 7.82. The summed E-state index contributed by atoms with van der Waals surface area (Å²) < 4.78 is 70.3. The van der Waals surface area contributed by atoms with Gasteiger partial charge in [-0.25, -0.2) is 4.98 Å². The Bertz CT molecular complexity index is 2550. The minimum absolute atomic E-state index is 0. The molecule has 0 amide bonds. The van der Waals surface area contributed by atoms with Crippen LogP contribution in [0.25, 0.3) is 55.8 Å². The van der Waals surface area contributed by atoms with Gasteiger partial charge in [0.2, 0.25) is 5.71 Å². The van der Waals surface area contributed by atoms with Gasteiger partial charge in [0, 0.05) is 54.4 Å². The van der Waals surface area contributed by atoms with Gasteiger partial charge in [-0.1, -0.05) is 95.8 Å². The van der Waals surface area contributed by atoms with Crippen LogP contribution in [0.2, 0.25) is 0 Å². The smallest absolute Gasteiger partial charge is 0.216 e. The first-order valence-corrected chi connectivity index (χ1v) is 17.4. The third-order valence-corrected chi connectivity index (χ3v) is 9.82. The molecule has 3 aromatic carbocycles. The molecule has 0 unspecified atom stereocenters. The summed E-state index contributed by atoms with van der Waals surface area (Å²) in [4.78, 5) is 13.7. The number of furan rings is 1. The Balaban J connectivity index is 0.000000336. The molecule has 0 spiro atoms. The van der Waals surface area contributed by atoms with Crippen LogP contribution in [0.5, 0.6) is 0 Å². The van der Waals surface area contributed by atoms with Crippen molar-refractivity contribution < 1.29 is 35.5 Å². The quantitative estimate of drug-likeness (QED) is 0.143. The summed E-state index contributed by atoms with van der Waals surface area (Å²) in [6, 6.07) is 32.4. The molecule has 0 fully saturated rings. The van der Waals surface area contributed by atoms with Crippen LogP contribution in [0.4, 0.5) is 0 Å². The first-order chi connectivity index (χ1) is 27.6. The van der Waals surface area contributed by atoms with Crippen molar-refractivity contribution in [1.82, 2.24) is 15.0 Å². The average molecular weight is 872 g/mol. The van der Waals surface area contributed by atoms with E-state index in [1.54, 1.807) is 18.2 Å². The van der Waals surface area contributed by atoms with E-state index in [9.17, 15) is 0 Å². The molecular weight excluding hydrogens is 815 g/mol. The van der Waals surface area contributed by atoms with Gasteiger partial charge in [-0.15, -0.1) is 54.1 Å². The molecule has 269 valence electrons.